The standard InChI is InChI=1S/C50H60N2O16S/c1-29(53)67-49(3,4)47(55)51-37-23-31(15-19-39(37)61-9)45(21-17-35-41(63-11)25-33(59-7)26-42(35)64-12)69(57,58)46(22-18-36-43(65-13)27-34(60-8)28-44(36)66-14)32-16-20-40(62-10)38(24-32)52-48(56)50(5,6)68-30(2)54/h15-28,45-46H,1-14H3,(H,51,55)(H,52,56)/b21-17+,22-18+. The summed E-state index contributed by atoms with van der Waals surface area (Å²) >= 11 is 0. The van der Waals surface area contributed by atoms with Crippen LogP contribution in [0.2, 0.25) is 0 Å². The molecule has 19 heteroatoms. The zero-order valence-electron chi connectivity index (χ0n) is 41.2. The Balaban J connectivity index is 2.13. The first kappa shape index (κ1) is 54.2. The molecule has 0 saturated carbocycles. The lowest BCUT2D eigenvalue weighted by Crippen LogP contribution is -2.41. The minimum atomic E-state index is -4.66. The van der Waals surface area contributed by atoms with E-state index in [2.05, 4.69) is 10.6 Å². The van der Waals surface area contributed by atoms with E-state index < -0.39 is 55.3 Å². The van der Waals surface area contributed by atoms with Gasteiger partial charge in [-0.15, -0.1) is 0 Å². The number of esters is 2. The molecule has 69 heavy (non-hydrogen) atoms. The molecule has 0 fully saturated rings. The van der Waals surface area contributed by atoms with E-state index in [-0.39, 0.29) is 57.0 Å². The van der Waals surface area contributed by atoms with Gasteiger partial charge in [0.25, 0.3) is 11.8 Å². The van der Waals surface area contributed by atoms with Gasteiger partial charge in [-0.25, -0.2) is 8.42 Å². The zero-order valence-corrected chi connectivity index (χ0v) is 42.0. The molecule has 0 heterocycles. The summed E-state index contributed by atoms with van der Waals surface area (Å²) < 4.78 is 87.5. The molecule has 4 aromatic rings. The molecule has 4 rings (SSSR count). The van der Waals surface area contributed by atoms with Crippen LogP contribution in [0.15, 0.2) is 72.8 Å². The fourth-order valence-electron chi connectivity index (χ4n) is 7.10. The molecule has 2 N–H and O–H groups in total. The maximum Gasteiger partial charge on any atom is 0.303 e. The quantitative estimate of drug-likeness (QED) is 0.0714. The first-order chi connectivity index (χ1) is 32.5. The summed E-state index contributed by atoms with van der Waals surface area (Å²) in [5, 5.41) is 2.31. The average Bonchev–Trinajstić information content (AvgIpc) is 3.30. The summed E-state index contributed by atoms with van der Waals surface area (Å²) in [7, 11) is 6.77. The van der Waals surface area contributed by atoms with E-state index in [9.17, 15) is 19.2 Å². The molecule has 0 aliphatic rings. The maximum absolute atomic E-state index is 16.0. The van der Waals surface area contributed by atoms with Gasteiger partial charge in [0.1, 0.15) is 56.5 Å². The van der Waals surface area contributed by atoms with Crippen molar-refractivity contribution < 1.29 is 75.0 Å². The van der Waals surface area contributed by atoms with Crippen LogP contribution in [0.25, 0.3) is 12.2 Å². The summed E-state index contributed by atoms with van der Waals surface area (Å²) in [6.07, 6.45) is 5.92. The molecule has 2 atom stereocenters. The normalized spacial score (nSPS) is 12.6. The largest absolute Gasteiger partial charge is 0.496 e. The van der Waals surface area contributed by atoms with Gasteiger partial charge in [-0.3, -0.25) is 19.2 Å². The van der Waals surface area contributed by atoms with Gasteiger partial charge in [-0.2, -0.15) is 0 Å². The van der Waals surface area contributed by atoms with Crippen LogP contribution in [0.3, 0.4) is 0 Å². The monoisotopic (exact) mass is 976 g/mol. The Bertz CT molecular complexity index is 2480. The van der Waals surface area contributed by atoms with Crippen LogP contribution in [-0.2, 0) is 38.5 Å². The van der Waals surface area contributed by atoms with Gasteiger partial charge in [0.15, 0.2) is 21.0 Å². The molecule has 0 aromatic heterocycles. The number of hydrogen-bond donors (Lipinski definition) is 2. The van der Waals surface area contributed by atoms with Crippen molar-refractivity contribution in [2.45, 2.75) is 63.2 Å². The highest BCUT2D eigenvalue weighted by Gasteiger charge is 2.37. The second kappa shape index (κ2) is 23.1. The molecule has 2 unspecified atom stereocenters. The van der Waals surface area contributed by atoms with Gasteiger partial charge >= 0.3 is 11.9 Å². The number of hydrogen-bond acceptors (Lipinski definition) is 16. The number of carbonyl (C=O) groups is 4. The van der Waals surface area contributed by atoms with Crippen molar-refractivity contribution in [3.8, 4) is 46.0 Å². The van der Waals surface area contributed by atoms with Crippen LogP contribution in [0.5, 0.6) is 46.0 Å². The van der Waals surface area contributed by atoms with E-state index in [4.69, 9.17) is 47.4 Å². The first-order valence-corrected chi connectivity index (χ1v) is 22.7. The Morgan fingerprint density at radius 2 is 0.783 bits per heavy atom. The lowest BCUT2D eigenvalue weighted by Gasteiger charge is -2.26. The third-order valence-electron chi connectivity index (χ3n) is 10.6. The Hall–Kier alpha value is -7.41. The summed E-state index contributed by atoms with van der Waals surface area (Å²) in [6, 6.07) is 15.3. The number of benzene rings is 4. The highest BCUT2D eigenvalue weighted by molar-refractivity contribution is 7.92. The minimum absolute atomic E-state index is 0.0538. The van der Waals surface area contributed by atoms with Crippen molar-refractivity contribution in [1.82, 2.24) is 0 Å². The number of amides is 2. The number of ether oxygens (including phenoxy) is 10. The van der Waals surface area contributed by atoms with Gasteiger partial charge in [0, 0.05) is 38.1 Å². The van der Waals surface area contributed by atoms with Crippen molar-refractivity contribution in [1.29, 1.82) is 0 Å². The van der Waals surface area contributed by atoms with Crippen molar-refractivity contribution in [3.05, 3.63) is 95.1 Å². The molecule has 0 bridgehead atoms. The van der Waals surface area contributed by atoms with Gasteiger partial charge in [0.05, 0.1) is 79.4 Å². The van der Waals surface area contributed by atoms with Crippen LogP contribution in [0.4, 0.5) is 11.4 Å². The van der Waals surface area contributed by atoms with Crippen molar-refractivity contribution in [2.24, 2.45) is 0 Å². The van der Waals surface area contributed by atoms with E-state index in [0.717, 1.165) is 0 Å². The molecule has 18 nitrogen and oxygen atoms in total. The Labute approximate surface area is 402 Å². The first-order valence-electron chi connectivity index (χ1n) is 21.1. The van der Waals surface area contributed by atoms with Crippen molar-refractivity contribution >= 4 is 57.1 Å². The molecule has 0 saturated heterocycles. The number of nitrogens with one attached hydrogen (secondary N) is 2. The molecule has 0 spiro atoms. The van der Waals surface area contributed by atoms with Gasteiger partial charge in [0.2, 0.25) is 0 Å². The van der Waals surface area contributed by atoms with Gasteiger partial charge in [-0.1, -0.05) is 24.3 Å². The molecule has 372 valence electrons. The predicted octanol–water partition coefficient (Wildman–Crippen LogP) is 7.94. The number of anilines is 2. The molecule has 0 radical (unpaired) electrons. The zero-order chi connectivity index (χ0) is 51.4. The maximum atomic E-state index is 16.0. The molecule has 4 aromatic carbocycles. The minimum Gasteiger partial charge on any atom is -0.496 e. The topological polar surface area (TPSA) is 219 Å². The fraction of sp³-hybridized carbons (Fsp3) is 0.360. The summed E-state index contributed by atoms with van der Waals surface area (Å²) in [5.74, 6) is -0.577. The van der Waals surface area contributed by atoms with E-state index in [1.807, 2.05) is 0 Å². The highest BCUT2D eigenvalue weighted by atomic mass is 32.2. The molecular formula is C50H60N2O16S. The Morgan fingerprint density at radius 1 is 0.478 bits per heavy atom. The van der Waals surface area contributed by atoms with Gasteiger partial charge in [-0.05, 0) is 75.2 Å². The van der Waals surface area contributed by atoms with Crippen LogP contribution in [-0.4, -0.2) is 100 Å². The van der Waals surface area contributed by atoms with E-state index in [1.165, 1.54) is 159 Å². The van der Waals surface area contributed by atoms with Crippen molar-refractivity contribution in [2.75, 3.05) is 67.5 Å². The van der Waals surface area contributed by atoms with Crippen LogP contribution in [0.1, 0.15) is 74.3 Å². The number of rotatable bonds is 22. The second-order valence-corrected chi connectivity index (χ2v) is 18.3. The predicted molar refractivity (Wildman–Crippen MR) is 260 cm³/mol. The van der Waals surface area contributed by atoms with Crippen LogP contribution < -0.4 is 48.5 Å². The number of methoxy groups -OCH3 is 8. The third-order valence-corrected chi connectivity index (χ3v) is 12.9. The number of sulfone groups is 1. The SMILES string of the molecule is COc1cc(OC)c(/C=C/C(c2ccc(OC)c(NC(=O)C(C)(C)OC(C)=O)c2)S(=O)(=O)C(/C=C/c2c(OC)cc(OC)cc2OC)c2ccc(OC)c(NC(=O)C(C)(C)OC(C)=O)c2)c(OC)c1. The molecule has 2 amide bonds. The average molecular weight is 977 g/mol. The summed E-state index contributed by atoms with van der Waals surface area (Å²) in [5.41, 5.74) is -2.19. The summed E-state index contributed by atoms with van der Waals surface area (Å²) in [6.45, 7) is 7.94. The fourth-order valence-corrected chi connectivity index (χ4v) is 9.06. The second-order valence-electron chi connectivity index (χ2n) is 16.1. The van der Waals surface area contributed by atoms with E-state index in [0.29, 0.717) is 22.6 Å². The lowest BCUT2D eigenvalue weighted by molar-refractivity contribution is -0.160. The lowest BCUT2D eigenvalue weighted by atomic mass is 10.1. The third kappa shape index (κ3) is 13.0. The van der Waals surface area contributed by atoms with Crippen molar-refractivity contribution in [3.63, 3.8) is 0 Å². The highest BCUT2D eigenvalue weighted by Crippen LogP contribution is 2.44. The molecule has 0 aliphatic heterocycles. The molecular weight excluding hydrogens is 917 g/mol. The Kier molecular flexibility index (Phi) is 18.1. The Morgan fingerprint density at radius 3 is 1.04 bits per heavy atom. The smallest absolute Gasteiger partial charge is 0.303 e. The van der Waals surface area contributed by atoms with Gasteiger partial charge < -0.3 is 58.0 Å². The van der Waals surface area contributed by atoms with Crippen LogP contribution in [0, 0.1) is 0 Å². The van der Waals surface area contributed by atoms with E-state index >= 15 is 8.42 Å². The van der Waals surface area contributed by atoms with Crippen LogP contribution >= 0.6 is 0 Å². The van der Waals surface area contributed by atoms with E-state index in [1.54, 1.807) is 24.3 Å². The summed E-state index contributed by atoms with van der Waals surface area (Å²) in [4.78, 5) is 51.1. The number of carbonyl (C=O) groups excluding carboxylic acids is 4. The molecule has 0 aliphatic carbocycles.